The number of anilines is 1. The van der Waals surface area contributed by atoms with E-state index in [-0.39, 0.29) is 5.75 Å². The van der Waals surface area contributed by atoms with Gasteiger partial charge < -0.3 is 10.1 Å². The van der Waals surface area contributed by atoms with Gasteiger partial charge in [-0.25, -0.2) is 0 Å². The van der Waals surface area contributed by atoms with E-state index in [1.54, 1.807) is 25.1 Å². The highest BCUT2D eigenvalue weighted by molar-refractivity contribution is 6.30. The number of carbonyl (C=O) groups excluding carboxylic acids is 1. The van der Waals surface area contributed by atoms with Gasteiger partial charge in [-0.1, -0.05) is 17.7 Å². The zero-order valence-corrected chi connectivity index (χ0v) is 12.8. The number of carbonyl (C=O) groups is 1. The van der Waals surface area contributed by atoms with Crippen molar-refractivity contribution in [2.24, 2.45) is 0 Å². The highest BCUT2D eigenvalue weighted by Gasteiger charge is 2.30. The van der Waals surface area contributed by atoms with E-state index in [0.29, 0.717) is 10.7 Å². The molecule has 0 saturated heterocycles. The maximum Gasteiger partial charge on any atom is 0.416 e. The third-order valence-electron chi connectivity index (χ3n) is 2.99. The first-order valence-corrected chi connectivity index (χ1v) is 6.99. The molecular weight excluding hydrogens is 331 g/mol. The number of rotatable bonds is 4. The summed E-state index contributed by atoms with van der Waals surface area (Å²) in [4.78, 5) is 11.8. The Kier molecular flexibility index (Phi) is 5.15. The molecule has 0 radical (unpaired) electrons. The predicted octanol–water partition coefficient (Wildman–Crippen LogP) is 4.68. The Morgan fingerprint density at radius 1 is 1.22 bits per heavy atom. The van der Waals surface area contributed by atoms with E-state index in [1.165, 1.54) is 12.1 Å². The van der Waals surface area contributed by atoms with Crippen LogP contribution in [0.15, 0.2) is 42.5 Å². The van der Waals surface area contributed by atoms with Crippen molar-refractivity contribution in [2.45, 2.75) is 13.1 Å². The lowest BCUT2D eigenvalue weighted by atomic mass is 10.2. The highest BCUT2D eigenvalue weighted by atomic mass is 35.5. The standard InChI is InChI=1S/C16H13ClF3NO2/c1-10-7-12(17)5-6-14(10)21-15(22)9-23-13-4-2-3-11(8-13)16(18,19)20/h2-8H,9H2,1H3,(H,21,22). The van der Waals surface area contributed by atoms with Crippen molar-refractivity contribution in [3.63, 3.8) is 0 Å². The summed E-state index contributed by atoms with van der Waals surface area (Å²) in [5.74, 6) is -0.504. The van der Waals surface area contributed by atoms with Crippen LogP contribution in [0, 0.1) is 6.92 Å². The van der Waals surface area contributed by atoms with Crippen molar-refractivity contribution >= 4 is 23.2 Å². The van der Waals surface area contributed by atoms with Crippen LogP contribution < -0.4 is 10.1 Å². The molecule has 0 saturated carbocycles. The molecule has 0 aliphatic heterocycles. The van der Waals surface area contributed by atoms with Crippen LogP contribution in [0.3, 0.4) is 0 Å². The number of aryl methyl sites for hydroxylation is 1. The minimum Gasteiger partial charge on any atom is -0.484 e. The van der Waals surface area contributed by atoms with Crippen LogP contribution in [-0.2, 0) is 11.0 Å². The normalized spacial score (nSPS) is 11.2. The van der Waals surface area contributed by atoms with Gasteiger partial charge in [0.1, 0.15) is 5.75 Å². The Morgan fingerprint density at radius 3 is 2.61 bits per heavy atom. The van der Waals surface area contributed by atoms with Gasteiger partial charge in [0.2, 0.25) is 0 Å². The number of halogens is 4. The molecule has 23 heavy (non-hydrogen) atoms. The average molecular weight is 344 g/mol. The molecule has 2 rings (SSSR count). The largest absolute Gasteiger partial charge is 0.484 e. The van der Waals surface area contributed by atoms with Crippen LogP contribution in [0.5, 0.6) is 5.75 Å². The number of amides is 1. The van der Waals surface area contributed by atoms with Crippen molar-refractivity contribution in [3.05, 3.63) is 58.6 Å². The van der Waals surface area contributed by atoms with E-state index in [0.717, 1.165) is 17.7 Å². The summed E-state index contributed by atoms with van der Waals surface area (Å²) in [6.45, 7) is 1.37. The first kappa shape index (κ1) is 17.1. The number of ether oxygens (including phenoxy) is 1. The van der Waals surface area contributed by atoms with Crippen LogP contribution in [0.1, 0.15) is 11.1 Å². The molecular formula is C16H13ClF3NO2. The second-order valence-electron chi connectivity index (χ2n) is 4.82. The fraction of sp³-hybridized carbons (Fsp3) is 0.188. The van der Waals surface area contributed by atoms with E-state index in [1.807, 2.05) is 0 Å². The quantitative estimate of drug-likeness (QED) is 0.875. The third-order valence-corrected chi connectivity index (χ3v) is 3.23. The van der Waals surface area contributed by atoms with Crippen LogP contribution in [-0.4, -0.2) is 12.5 Å². The topological polar surface area (TPSA) is 38.3 Å². The van der Waals surface area contributed by atoms with Crippen LogP contribution in [0.4, 0.5) is 18.9 Å². The molecule has 0 heterocycles. The van der Waals surface area contributed by atoms with Gasteiger partial charge in [-0.3, -0.25) is 4.79 Å². The van der Waals surface area contributed by atoms with Gasteiger partial charge >= 0.3 is 6.18 Å². The molecule has 1 N–H and O–H groups in total. The molecule has 0 unspecified atom stereocenters. The number of alkyl halides is 3. The van der Waals surface area contributed by atoms with E-state index in [4.69, 9.17) is 16.3 Å². The Morgan fingerprint density at radius 2 is 1.96 bits per heavy atom. The van der Waals surface area contributed by atoms with E-state index in [2.05, 4.69) is 5.32 Å². The van der Waals surface area contributed by atoms with E-state index in [9.17, 15) is 18.0 Å². The fourth-order valence-electron chi connectivity index (χ4n) is 1.86. The van der Waals surface area contributed by atoms with Crippen LogP contribution >= 0.6 is 11.6 Å². The number of nitrogens with one attached hydrogen (secondary N) is 1. The lowest BCUT2D eigenvalue weighted by Crippen LogP contribution is -2.20. The lowest BCUT2D eigenvalue weighted by Gasteiger charge is -2.11. The molecule has 122 valence electrons. The van der Waals surface area contributed by atoms with Crippen molar-refractivity contribution in [2.75, 3.05) is 11.9 Å². The summed E-state index contributed by atoms with van der Waals surface area (Å²) in [6.07, 6.45) is -4.46. The van der Waals surface area contributed by atoms with Crippen molar-refractivity contribution < 1.29 is 22.7 Å². The summed E-state index contributed by atoms with van der Waals surface area (Å²) in [7, 11) is 0. The average Bonchev–Trinajstić information content (AvgIpc) is 2.47. The number of hydrogen-bond donors (Lipinski definition) is 1. The van der Waals surface area contributed by atoms with E-state index >= 15 is 0 Å². The first-order valence-electron chi connectivity index (χ1n) is 6.62. The summed E-state index contributed by atoms with van der Waals surface area (Å²) >= 11 is 5.82. The van der Waals surface area contributed by atoms with E-state index < -0.39 is 24.3 Å². The maximum absolute atomic E-state index is 12.6. The zero-order valence-electron chi connectivity index (χ0n) is 12.1. The molecule has 0 atom stereocenters. The molecule has 0 aliphatic carbocycles. The van der Waals surface area contributed by atoms with Crippen molar-refractivity contribution in [3.8, 4) is 5.75 Å². The smallest absolute Gasteiger partial charge is 0.416 e. The van der Waals surface area contributed by atoms with Crippen molar-refractivity contribution in [1.82, 2.24) is 0 Å². The summed E-state index contributed by atoms with van der Waals surface area (Å²) < 4.78 is 42.9. The molecule has 2 aromatic rings. The maximum atomic E-state index is 12.6. The third kappa shape index (κ3) is 4.89. The molecule has 1 amide bonds. The Balaban J connectivity index is 1.97. The number of hydrogen-bond acceptors (Lipinski definition) is 2. The minimum absolute atomic E-state index is 0.0252. The summed E-state index contributed by atoms with van der Waals surface area (Å²) in [5.41, 5.74) is 0.501. The second-order valence-corrected chi connectivity index (χ2v) is 5.26. The molecule has 0 aromatic heterocycles. The van der Waals surface area contributed by atoms with Gasteiger partial charge in [-0.05, 0) is 48.9 Å². The molecule has 7 heteroatoms. The monoisotopic (exact) mass is 343 g/mol. The van der Waals surface area contributed by atoms with Gasteiger partial charge in [0.15, 0.2) is 6.61 Å². The summed E-state index contributed by atoms with van der Waals surface area (Å²) in [5, 5.41) is 3.15. The predicted molar refractivity (Wildman–Crippen MR) is 81.8 cm³/mol. The molecule has 0 fully saturated rings. The molecule has 0 bridgehead atoms. The SMILES string of the molecule is Cc1cc(Cl)ccc1NC(=O)COc1cccc(C(F)(F)F)c1. The van der Waals surface area contributed by atoms with Gasteiger partial charge in [0, 0.05) is 10.7 Å². The molecule has 3 nitrogen and oxygen atoms in total. The number of benzene rings is 2. The van der Waals surface area contributed by atoms with Gasteiger partial charge in [-0.15, -0.1) is 0 Å². The van der Waals surface area contributed by atoms with Crippen LogP contribution in [0.25, 0.3) is 0 Å². The molecule has 2 aromatic carbocycles. The zero-order chi connectivity index (χ0) is 17.0. The fourth-order valence-corrected chi connectivity index (χ4v) is 2.09. The van der Waals surface area contributed by atoms with Gasteiger partial charge in [-0.2, -0.15) is 13.2 Å². The minimum atomic E-state index is -4.46. The van der Waals surface area contributed by atoms with Gasteiger partial charge in [0.25, 0.3) is 5.91 Å². The van der Waals surface area contributed by atoms with Gasteiger partial charge in [0.05, 0.1) is 5.56 Å². The molecule has 0 aliphatic rings. The Bertz CT molecular complexity index is 717. The first-order chi connectivity index (χ1) is 10.8. The summed E-state index contributed by atoms with van der Waals surface area (Å²) in [6, 6.07) is 9.31. The second kappa shape index (κ2) is 6.91. The Hall–Kier alpha value is -2.21. The highest BCUT2D eigenvalue weighted by Crippen LogP contribution is 2.31. The Labute approximate surface area is 136 Å². The van der Waals surface area contributed by atoms with Crippen LogP contribution in [0.2, 0.25) is 5.02 Å². The lowest BCUT2D eigenvalue weighted by molar-refractivity contribution is -0.137. The molecule has 0 spiro atoms. The van der Waals surface area contributed by atoms with Crippen molar-refractivity contribution in [1.29, 1.82) is 0 Å².